The summed E-state index contributed by atoms with van der Waals surface area (Å²) < 4.78 is 42.5. The first-order valence-corrected chi connectivity index (χ1v) is 11.8. The second kappa shape index (κ2) is 10.8. The summed E-state index contributed by atoms with van der Waals surface area (Å²) in [5.74, 6) is -1.80. The van der Waals surface area contributed by atoms with Gasteiger partial charge in [0.25, 0.3) is 11.8 Å². The molecule has 5 nitrogen and oxygen atoms in total. The van der Waals surface area contributed by atoms with Gasteiger partial charge in [0.05, 0.1) is 15.6 Å². The molecular weight excluding hydrogens is 516 g/mol. The highest BCUT2D eigenvalue weighted by molar-refractivity contribution is 6.42. The fourth-order valence-electron chi connectivity index (χ4n) is 4.27. The van der Waals surface area contributed by atoms with Crippen LogP contribution >= 0.6 is 23.2 Å². The Morgan fingerprint density at radius 2 is 1.64 bits per heavy atom. The molecule has 0 radical (unpaired) electrons. The molecule has 188 valence electrons. The number of hydrogen-bond donors (Lipinski definition) is 1. The number of rotatable bonds is 5. The molecule has 0 aliphatic carbocycles. The number of hydrogen-bond acceptors (Lipinski definition) is 3. The van der Waals surface area contributed by atoms with E-state index >= 15 is 0 Å². The van der Waals surface area contributed by atoms with E-state index in [-0.39, 0.29) is 29.0 Å². The highest BCUT2D eigenvalue weighted by Crippen LogP contribution is 2.31. The maximum atomic E-state index is 13.2. The number of piperidine rings is 1. The molecule has 1 aliphatic heterocycles. The minimum absolute atomic E-state index is 0.226. The van der Waals surface area contributed by atoms with Crippen LogP contribution in [0.2, 0.25) is 10.0 Å². The van der Waals surface area contributed by atoms with Crippen LogP contribution in [0.5, 0.6) is 5.75 Å². The largest absolute Gasteiger partial charge is 0.573 e. The van der Waals surface area contributed by atoms with Crippen molar-refractivity contribution >= 4 is 35.0 Å². The lowest BCUT2D eigenvalue weighted by Gasteiger charge is -2.39. The Balaban J connectivity index is 1.56. The van der Waals surface area contributed by atoms with Crippen LogP contribution in [0.3, 0.4) is 0 Å². The van der Waals surface area contributed by atoms with Crippen molar-refractivity contribution < 1.29 is 27.5 Å². The van der Waals surface area contributed by atoms with Crippen LogP contribution in [0.4, 0.5) is 13.2 Å². The summed E-state index contributed by atoms with van der Waals surface area (Å²) >= 11 is 12.1. The van der Waals surface area contributed by atoms with Crippen LogP contribution in [0.25, 0.3) is 0 Å². The number of halogens is 5. The van der Waals surface area contributed by atoms with Gasteiger partial charge in [-0.05, 0) is 42.3 Å². The van der Waals surface area contributed by atoms with Gasteiger partial charge in [-0.25, -0.2) is 0 Å². The number of nitrogens with one attached hydrogen (secondary N) is 1. The van der Waals surface area contributed by atoms with Crippen molar-refractivity contribution in [3.63, 3.8) is 0 Å². The average molecular weight is 537 g/mol. The van der Waals surface area contributed by atoms with Crippen LogP contribution < -0.4 is 10.1 Å². The average Bonchev–Trinajstić information content (AvgIpc) is 2.85. The quantitative estimate of drug-likeness (QED) is 0.415. The van der Waals surface area contributed by atoms with Gasteiger partial charge < -0.3 is 15.0 Å². The summed E-state index contributed by atoms with van der Waals surface area (Å²) in [6.07, 6.45) is -4.54. The predicted octanol–water partition coefficient (Wildman–Crippen LogP) is 6.32. The monoisotopic (exact) mass is 536 g/mol. The molecule has 2 amide bonds. The predicted molar refractivity (Wildman–Crippen MR) is 131 cm³/mol. The fraction of sp³-hybridized carbons (Fsp3) is 0.231. The molecule has 0 spiro atoms. The highest BCUT2D eigenvalue weighted by atomic mass is 35.5. The molecule has 3 aromatic carbocycles. The van der Waals surface area contributed by atoms with E-state index < -0.39 is 24.1 Å². The van der Waals surface area contributed by atoms with Gasteiger partial charge in [0.15, 0.2) is 0 Å². The maximum Gasteiger partial charge on any atom is 0.573 e. The van der Waals surface area contributed by atoms with Gasteiger partial charge in [-0.3, -0.25) is 9.59 Å². The summed E-state index contributed by atoms with van der Waals surface area (Å²) in [6, 6.07) is 18.7. The Kier molecular flexibility index (Phi) is 7.76. The molecule has 3 aromatic rings. The molecule has 0 saturated carbocycles. The molecule has 2 atom stereocenters. The van der Waals surface area contributed by atoms with Crippen LogP contribution in [0.1, 0.15) is 38.6 Å². The SMILES string of the molecule is O=C(N[C@@H]1CCN(C(=O)c2ccc(Cl)c(Cl)c2)C[C@@H]1c1ccccc1)c1ccccc1OC(F)(F)F. The lowest BCUT2D eigenvalue weighted by Crippen LogP contribution is -2.51. The molecule has 0 bridgehead atoms. The first kappa shape index (κ1) is 25.9. The molecule has 1 N–H and O–H groups in total. The van der Waals surface area contributed by atoms with E-state index in [4.69, 9.17) is 23.2 Å². The number of likely N-dealkylation sites (tertiary alicyclic amines) is 1. The van der Waals surface area contributed by atoms with Gasteiger partial charge in [0.2, 0.25) is 0 Å². The number of alkyl halides is 3. The fourth-order valence-corrected chi connectivity index (χ4v) is 4.57. The van der Waals surface area contributed by atoms with E-state index in [9.17, 15) is 22.8 Å². The Morgan fingerprint density at radius 3 is 2.33 bits per heavy atom. The third-order valence-electron chi connectivity index (χ3n) is 5.97. The molecule has 0 aromatic heterocycles. The van der Waals surface area contributed by atoms with E-state index in [0.29, 0.717) is 23.6 Å². The Hall–Kier alpha value is -3.23. The molecule has 1 saturated heterocycles. The summed E-state index contributed by atoms with van der Waals surface area (Å²) in [5, 5.41) is 3.47. The van der Waals surface area contributed by atoms with E-state index in [1.165, 1.54) is 24.3 Å². The third kappa shape index (κ3) is 6.12. The molecule has 1 aliphatic rings. The third-order valence-corrected chi connectivity index (χ3v) is 6.71. The molecule has 0 unspecified atom stereocenters. The zero-order chi connectivity index (χ0) is 25.9. The second-order valence-corrected chi connectivity index (χ2v) is 9.12. The Morgan fingerprint density at radius 1 is 0.944 bits per heavy atom. The number of carbonyl (C=O) groups is 2. The van der Waals surface area contributed by atoms with Crippen LogP contribution in [-0.4, -0.2) is 42.2 Å². The molecule has 10 heteroatoms. The van der Waals surface area contributed by atoms with Crippen molar-refractivity contribution in [1.82, 2.24) is 10.2 Å². The molecule has 1 heterocycles. The molecular formula is C26H21Cl2F3N2O3. The van der Waals surface area contributed by atoms with E-state index in [2.05, 4.69) is 10.1 Å². The van der Waals surface area contributed by atoms with Crippen LogP contribution in [0.15, 0.2) is 72.8 Å². The van der Waals surface area contributed by atoms with Crippen molar-refractivity contribution in [3.05, 3.63) is 99.5 Å². The van der Waals surface area contributed by atoms with Crippen LogP contribution in [-0.2, 0) is 0 Å². The summed E-state index contributed by atoms with van der Waals surface area (Å²) in [7, 11) is 0. The number of nitrogens with zero attached hydrogens (tertiary/aromatic N) is 1. The van der Waals surface area contributed by atoms with E-state index in [1.807, 2.05) is 30.3 Å². The van der Waals surface area contributed by atoms with Gasteiger partial charge in [0, 0.05) is 30.6 Å². The normalized spacial score (nSPS) is 18.0. The van der Waals surface area contributed by atoms with Crippen molar-refractivity contribution in [2.75, 3.05) is 13.1 Å². The second-order valence-electron chi connectivity index (χ2n) is 8.31. The Bertz CT molecular complexity index is 1250. The van der Waals surface area contributed by atoms with Gasteiger partial charge in [0.1, 0.15) is 5.75 Å². The van der Waals surface area contributed by atoms with Gasteiger partial charge in [-0.15, -0.1) is 13.2 Å². The van der Waals surface area contributed by atoms with Crippen LogP contribution in [0, 0.1) is 0 Å². The van der Waals surface area contributed by atoms with Crippen molar-refractivity contribution in [2.45, 2.75) is 24.7 Å². The topological polar surface area (TPSA) is 58.6 Å². The van der Waals surface area contributed by atoms with Crippen molar-refractivity contribution in [2.24, 2.45) is 0 Å². The van der Waals surface area contributed by atoms with Gasteiger partial charge >= 0.3 is 6.36 Å². The minimum Gasteiger partial charge on any atom is -0.405 e. The maximum absolute atomic E-state index is 13.2. The first-order chi connectivity index (χ1) is 17.1. The number of carbonyl (C=O) groups excluding carboxylic acids is 2. The van der Waals surface area contributed by atoms with E-state index in [0.717, 1.165) is 11.6 Å². The summed E-state index contributed by atoms with van der Waals surface area (Å²) in [5.41, 5.74) is 1.04. The highest BCUT2D eigenvalue weighted by Gasteiger charge is 2.36. The number of para-hydroxylation sites is 1. The zero-order valence-electron chi connectivity index (χ0n) is 18.8. The van der Waals surface area contributed by atoms with E-state index in [1.54, 1.807) is 17.0 Å². The number of benzene rings is 3. The summed E-state index contributed by atoms with van der Waals surface area (Å²) in [4.78, 5) is 27.9. The number of ether oxygens (including phenoxy) is 1. The lowest BCUT2D eigenvalue weighted by atomic mass is 9.85. The zero-order valence-corrected chi connectivity index (χ0v) is 20.3. The van der Waals surface area contributed by atoms with Crippen molar-refractivity contribution in [3.8, 4) is 5.75 Å². The minimum atomic E-state index is -4.93. The standard InChI is InChI=1S/C26H21Cl2F3N2O3/c27-20-11-10-17(14-21(20)28)25(35)33-13-12-22(19(15-33)16-6-2-1-3-7-16)32-24(34)18-8-4-5-9-23(18)36-26(29,30)31/h1-11,14,19,22H,12-13,15H2,(H,32,34)/t19-,22-/m1/s1. The van der Waals surface area contributed by atoms with Gasteiger partial charge in [-0.2, -0.15) is 0 Å². The molecule has 4 rings (SSSR count). The van der Waals surface area contributed by atoms with Crippen molar-refractivity contribution in [1.29, 1.82) is 0 Å². The smallest absolute Gasteiger partial charge is 0.405 e. The molecule has 36 heavy (non-hydrogen) atoms. The molecule has 1 fully saturated rings. The lowest BCUT2D eigenvalue weighted by molar-refractivity contribution is -0.274. The first-order valence-electron chi connectivity index (χ1n) is 11.1. The number of amides is 2. The van der Waals surface area contributed by atoms with Gasteiger partial charge in [-0.1, -0.05) is 65.7 Å². The summed E-state index contributed by atoms with van der Waals surface area (Å²) in [6.45, 7) is 0.614. The Labute approximate surface area is 215 Å².